The summed E-state index contributed by atoms with van der Waals surface area (Å²) in [5, 5.41) is 0. The van der Waals surface area contributed by atoms with Crippen molar-refractivity contribution >= 4 is 6.08 Å². The highest BCUT2D eigenvalue weighted by Crippen LogP contribution is 1.99. The van der Waals surface area contributed by atoms with Gasteiger partial charge in [0, 0.05) is 18.6 Å². The van der Waals surface area contributed by atoms with Crippen LogP contribution in [0.3, 0.4) is 0 Å². The number of pyridine rings is 1. The van der Waals surface area contributed by atoms with Crippen LogP contribution in [0.1, 0.15) is 45.6 Å². The highest BCUT2D eigenvalue weighted by molar-refractivity contribution is 5.46. The first kappa shape index (κ1) is 15.9. The summed E-state index contributed by atoms with van der Waals surface area (Å²) >= 11 is 0. The highest BCUT2D eigenvalue weighted by atomic mass is 15.1. The quantitative estimate of drug-likeness (QED) is 0.487. The molecule has 0 saturated carbocycles. The minimum absolute atomic E-state index is 1.12. The van der Waals surface area contributed by atoms with E-state index in [1.807, 2.05) is 0 Å². The first-order chi connectivity index (χ1) is 9.30. The molecule has 0 aliphatic rings. The van der Waals surface area contributed by atoms with Crippen LogP contribution in [0.5, 0.6) is 0 Å². The molecule has 0 aliphatic carbocycles. The number of aryl methyl sites for hydroxylation is 1. The lowest BCUT2D eigenvalue weighted by molar-refractivity contribution is -0.697. The minimum atomic E-state index is 1.12. The number of rotatable bonds is 9. The third kappa shape index (κ3) is 6.53. The summed E-state index contributed by atoms with van der Waals surface area (Å²) in [5.41, 5.74) is 1.28. The summed E-state index contributed by atoms with van der Waals surface area (Å²) in [6.07, 6.45) is 12.4. The van der Waals surface area contributed by atoms with Crippen LogP contribution >= 0.6 is 0 Å². The summed E-state index contributed by atoms with van der Waals surface area (Å²) in [6.45, 7) is 11.3. The molecule has 0 atom stereocenters. The first-order valence-electron chi connectivity index (χ1n) is 7.64. The van der Waals surface area contributed by atoms with Gasteiger partial charge in [-0.1, -0.05) is 26.0 Å². The molecule has 1 aromatic heterocycles. The zero-order valence-corrected chi connectivity index (χ0v) is 12.8. The smallest absolute Gasteiger partial charge is 0.169 e. The molecule has 0 amide bonds. The van der Waals surface area contributed by atoms with Gasteiger partial charge in [0.1, 0.15) is 6.54 Å². The van der Waals surface area contributed by atoms with Gasteiger partial charge in [-0.05, 0) is 45.0 Å². The molecule has 0 saturated heterocycles. The van der Waals surface area contributed by atoms with Crippen molar-refractivity contribution in [1.82, 2.24) is 4.90 Å². The van der Waals surface area contributed by atoms with E-state index in [1.165, 1.54) is 44.5 Å². The molecular weight excluding hydrogens is 232 g/mol. The van der Waals surface area contributed by atoms with E-state index in [-0.39, 0.29) is 0 Å². The summed E-state index contributed by atoms with van der Waals surface area (Å²) in [4.78, 5) is 2.54. The molecule has 0 spiro atoms. The number of nitrogens with zero attached hydrogens (tertiary/aromatic N) is 2. The average Bonchev–Trinajstić information content (AvgIpc) is 2.44. The van der Waals surface area contributed by atoms with Gasteiger partial charge < -0.3 is 4.90 Å². The zero-order valence-electron chi connectivity index (χ0n) is 12.8. The van der Waals surface area contributed by atoms with Crippen LogP contribution in [0.4, 0.5) is 0 Å². The van der Waals surface area contributed by atoms with Crippen molar-refractivity contribution in [3.8, 4) is 0 Å². The highest BCUT2D eigenvalue weighted by Gasteiger charge is 2.03. The number of hydrogen-bond acceptors (Lipinski definition) is 1. The molecule has 1 rings (SSSR count). The van der Waals surface area contributed by atoms with Gasteiger partial charge in [0.25, 0.3) is 0 Å². The van der Waals surface area contributed by atoms with Crippen LogP contribution < -0.4 is 4.57 Å². The monoisotopic (exact) mass is 261 g/mol. The standard InChI is InChI=1S/C17H29N2/c1-4-9-17-10-15-19(16-11-17)14-8-7-13-18(6-3)12-5-2/h4,9-11,15-16H,5-8,12-14H2,1-3H3/q+1/b9-4+. The van der Waals surface area contributed by atoms with E-state index < -0.39 is 0 Å². The Kier molecular flexibility index (Phi) is 8.15. The number of unbranched alkanes of at least 4 members (excludes halogenated alkanes) is 1. The Balaban J connectivity index is 2.25. The van der Waals surface area contributed by atoms with Crippen LogP contribution in [0, 0.1) is 0 Å². The molecule has 0 bridgehead atoms. The van der Waals surface area contributed by atoms with Crippen molar-refractivity contribution in [2.24, 2.45) is 0 Å². The summed E-state index contributed by atoms with van der Waals surface area (Å²) in [7, 11) is 0. The van der Waals surface area contributed by atoms with Gasteiger partial charge in [0.05, 0.1) is 0 Å². The van der Waals surface area contributed by atoms with E-state index in [0.717, 1.165) is 6.54 Å². The molecule has 0 unspecified atom stereocenters. The third-order valence-electron chi connectivity index (χ3n) is 3.40. The van der Waals surface area contributed by atoms with Gasteiger partial charge in [-0.3, -0.25) is 0 Å². The van der Waals surface area contributed by atoms with Gasteiger partial charge in [-0.15, -0.1) is 0 Å². The second-order valence-electron chi connectivity index (χ2n) is 5.01. The normalized spacial score (nSPS) is 11.6. The van der Waals surface area contributed by atoms with Gasteiger partial charge in [0.2, 0.25) is 0 Å². The van der Waals surface area contributed by atoms with E-state index in [9.17, 15) is 0 Å². The van der Waals surface area contributed by atoms with E-state index in [4.69, 9.17) is 0 Å². The van der Waals surface area contributed by atoms with Crippen LogP contribution in [0.2, 0.25) is 0 Å². The Labute approximate surface area is 118 Å². The van der Waals surface area contributed by atoms with Crippen molar-refractivity contribution in [1.29, 1.82) is 0 Å². The zero-order chi connectivity index (χ0) is 13.9. The molecule has 106 valence electrons. The molecular formula is C17H29N2+. The largest absolute Gasteiger partial charge is 0.304 e. The van der Waals surface area contributed by atoms with Crippen LogP contribution in [-0.2, 0) is 6.54 Å². The molecule has 1 heterocycles. The molecule has 2 nitrogen and oxygen atoms in total. The molecule has 0 radical (unpaired) electrons. The number of allylic oxidation sites excluding steroid dienone is 1. The fraction of sp³-hybridized carbons (Fsp3) is 0.588. The predicted molar refractivity (Wildman–Crippen MR) is 83.0 cm³/mol. The van der Waals surface area contributed by atoms with Gasteiger partial charge in [0.15, 0.2) is 12.4 Å². The predicted octanol–water partition coefficient (Wildman–Crippen LogP) is 3.52. The SMILES string of the molecule is C/C=C/c1cc[n+](CCCCN(CC)CCC)cc1. The van der Waals surface area contributed by atoms with E-state index in [1.54, 1.807) is 0 Å². The van der Waals surface area contributed by atoms with E-state index in [2.05, 4.69) is 66.9 Å². The van der Waals surface area contributed by atoms with Crippen molar-refractivity contribution in [2.75, 3.05) is 19.6 Å². The van der Waals surface area contributed by atoms with Crippen LogP contribution in [-0.4, -0.2) is 24.5 Å². The van der Waals surface area contributed by atoms with Crippen molar-refractivity contribution in [3.63, 3.8) is 0 Å². The minimum Gasteiger partial charge on any atom is -0.304 e. The lowest BCUT2D eigenvalue weighted by Crippen LogP contribution is -2.33. The maximum absolute atomic E-state index is 2.54. The van der Waals surface area contributed by atoms with E-state index in [0.29, 0.717) is 0 Å². The third-order valence-corrected chi connectivity index (χ3v) is 3.40. The molecule has 1 aromatic rings. The Morgan fingerprint density at radius 3 is 2.42 bits per heavy atom. The molecule has 0 aromatic carbocycles. The van der Waals surface area contributed by atoms with Crippen LogP contribution in [0.15, 0.2) is 30.6 Å². The molecule has 19 heavy (non-hydrogen) atoms. The molecule has 0 fully saturated rings. The van der Waals surface area contributed by atoms with Gasteiger partial charge in [-0.2, -0.15) is 0 Å². The first-order valence-corrected chi connectivity index (χ1v) is 7.64. The second-order valence-corrected chi connectivity index (χ2v) is 5.01. The maximum Gasteiger partial charge on any atom is 0.169 e. The van der Waals surface area contributed by atoms with E-state index >= 15 is 0 Å². The molecule has 0 N–H and O–H groups in total. The second kappa shape index (κ2) is 9.74. The molecule has 0 aliphatic heterocycles. The Morgan fingerprint density at radius 1 is 1.11 bits per heavy atom. The average molecular weight is 261 g/mol. The number of aromatic nitrogens is 1. The summed E-state index contributed by atoms with van der Waals surface area (Å²) in [6, 6.07) is 4.35. The Bertz CT molecular complexity index is 354. The Hall–Kier alpha value is -1.15. The fourth-order valence-electron chi connectivity index (χ4n) is 2.30. The van der Waals surface area contributed by atoms with Gasteiger partial charge in [-0.25, -0.2) is 4.57 Å². The Morgan fingerprint density at radius 2 is 1.84 bits per heavy atom. The molecule has 2 heteroatoms. The maximum atomic E-state index is 2.54. The van der Waals surface area contributed by atoms with Crippen molar-refractivity contribution in [3.05, 3.63) is 36.2 Å². The van der Waals surface area contributed by atoms with Gasteiger partial charge >= 0.3 is 0 Å². The number of hydrogen-bond donors (Lipinski definition) is 0. The van der Waals surface area contributed by atoms with Crippen molar-refractivity contribution in [2.45, 2.75) is 46.6 Å². The lowest BCUT2D eigenvalue weighted by atomic mass is 10.2. The van der Waals surface area contributed by atoms with Crippen LogP contribution in [0.25, 0.3) is 6.08 Å². The topological polar surface area (TPSA) is 7.12 Å². The lowest BCUT2D eigenvalue weighted by Gasteiger charge is -2.18. The summed E-state index contributed by atoms with van der Waals surface area (Å²) < 4.78 is 2.28. The van der Waals surface area contributed by atoms with Crippen molar-refractivity contribution < 1.29 is 4.57 Å². The fourth-order valence-corrected chi connectivity index (χ4v) is 2.30. The summed E-state index contributed by atoms with van der Waals surface area (Å²) in [5.74, 6) is 0.